The number of nitrogens with two attached hydrogens (primary N) is 1. The summed E-state index contributed by atoms with van der Waals surface area (Å²) in [4.78, 5) is 41.9. The lowest BCUT2D eigenvalue weighted by atomic mass is 10.1. The molecular weight excluding hydrogens is 536 g/mol. The summed E-state index contributed by atoms with van der Waals surface area (Å²) in [5.41, 5.74) is 9.90. The average molecular weight is 561 g/mol. The van der Waals surface area contributed by atoms with Gasteiger partial charge in [0.15, 0.2) is 5.13 Å². The molecule has 198 valence electrons. The van der Waals surface area contributed by atoms with Crippen LogP contribution in [0.3, 0.4) is 0 Å². The summed E-state index contributed by atoms with van der Waals surface area (Å²) in [6, 6.07) is 13.9. The number of benzene rings is 2. The number of halogens is 1. The Kier molecular flexibility index (Phi) is 6.94. The van der Waals surface area contributed by atoms with Crippen LogP contribution in [0.5, 0.6) is 0 Å². The first-order valence-electron chi connectivity index (χ1n) is 11.9. The van der Waals surface area contributed by atoms with Crippen molar-refractivity contribution in [3.8, 4) is 28.3 Å². The molecule has 0 aliphatic carbocycles. The summed E-state index contributed by atoms with van der Waals surface area (Å²) in [6.45, 7) is 1.72. The number of hydrogen-bond acceptors (Lipinski definition) is 8. The summed E-state index contributed by atoms with van der Waals surface area (Å²) in [5.74, 6) is -0.233. The number of rotatable bonds is 6. The Morgan fingerprint density at radius 2 is 1.85 bits per heavy atom. The SMILES string of the molecule is Cc1c(C(=O)Nc2ccc(-c3nc(-c4csc(N(C)C)n4)cnc3N)cc2)c(=O)n(-c2cccc(Cl)c2)n1C. The molecule has 39 heavy (non-hydrogen) atoms. The molecule has 0 atom stereocenters. The van der Waals surface area contributed by atoms with Gasteiger partial charge in [0.25, 0.3) is 11.5 Å². The van der Waals surface area contributed by atoms with E-state index in [-0.39, 0.29) is 11.4 Å². The first-order valence-corrected chi connectivity index (χ1v) is 13.1. The minimum absolute atomic E-state index is 0.0460. The van der Waals surface area contributed by atoms with Gasteiger partial charge < -0.3 is 16.0 Å². The van der Waals surface area contributed by atoms with Crippen LogP contribution in [0.25, 0.3) is 28.3 Å². The summed E-state index contributed by atoms with van der Waals surface area (Å²) in [6.07, 6.45) is 1.60. The minimum Gasteiger partial charge on any atom is -0.382 e. The number of thiazole rings is 1. The van der Waals surface area contributed by atoms with Crippen LogP contribution in [0.4, 0.5) is 16.6 Å². The third-order valence-electron chi connectivity index (χ3n) is 6.19. The van der Waals surface area contributed by atoms with E-state index < -0.39 is 11.5 Å². The lowest BCUT2D eigenvalue weighted by Crippen LogP contribution is -2.25. The lowest BCUT2D eigenvalue weighted by Gasteiger charge is -2.09. The van der Waals surface area contributed by atoms with Gasteiger partial charge in [-0.3, -0.25) is 14.3 Å². The van der Waals surface area contributed by atoms with Crippen LogP contribution in [0, 0.1) is 6.92 Å². The van der Waals surface area contributed by atoms with E-state index in [4.69, 9.17) is 17.3 Å². The van der Waals surface area contributed by atoms with E-state index in [1.807, 2.05) is 24.4 Å². The number of hydrogen-bond donors (Lipinski definition) is 2. The maximum Gasteiger partial charge on any atom is 0.284 e. The van der Waals surface area contributed by atoms with Crippen molar-refractivity contribution >= 4 is 45.5 Å². The van der Waals surface area contributed by atoms with Gasteiger partial charge in [-0.25, -0.2) is 19.6 Å². The Hall–Kier alpha value is -4.48. The molecule has 0 aliphatic rings. The first kappa shape index (κ1) is 26.1. The van der Waals surface area contributed by atoms with E-state index in [0.29, 0.717) is 39.2 Å². The Morgan fingerprint density at radius 3 is 2.51 bits per heavy atom. The van der Waals surface area contributed by atoms with Crippen molar-refractivity contribution in [3.63, 3.8) is 0 Å². The Balaban J connectivity index is 1.40. The van der Waals surface area contributed by atoms with Crippen LogP contribution in [-0.2, 0) is 7.05 Å². The Bertz CT molecular complexity index is 1750. The molecule has 3 N–H and O–H groups in total. The summed E-state index contributed by atoms with van der Waals surface area (Å²) >= 11 is 7.62. The van der Waals surface area contributed by atoms with Crippen molar-refractivity contribution in [2.24, 2.45) is 7.05 Å². The van der Waals surface area contributed by atoms with Gasteiger partial charge >= 0.3 is 0 Å². The topological polar surface area (TPSA) is 124 Å². The number of nitrogens with zero attached hydrogens (tertiary/aromatic N) is 6. The summed E-state index contributed by atoms with van der Waals surface area (Å²) in [5, 5.41) is 6.09. The van der Waals surface area contributed by atoms with Gasteiger partial charge in [-0.1, -0.05) is 29.8 Å². The van der Waals surface area contributed by atoms with Crippen molar-refractivity contribution in [1.82, 2.24) is 24.3 Å². The zero-order chi connectivity index (χ0) is 27.8. The highest BCUT2D eigenvalue weighted by atomic mass is 35.5. The maximum absolute atomic E-state index is 13.2. The van der Waals surface area contributed by atoms with Crippen LogP contribution in [0.15, 0.2) is 64.9 Å². The first-order chi connectivity index (χ1) is 18.6. The van der Waals surface area contributed by atoms with Gasteiger partial charge in [-0.05, 0) is 37.3 Å². The maximum atomic E-state index is 13.2. The molecule has 0 bridgehead atoms. The molecule has 0 spiro atoms. The molecule has 0 fully saturated rings. The predicted octanol–water partition coefficient (Wildman–Crippen LogP) is 4.62. The number of nitrogens with one attached hydrogen (secondary N) is 1. The molecule has 3 aromatic heterocycles. The van der Waals surface area contributed by atoms with Crippen LogP contribution in [0.2, 0.25) is 5.02 Å². The van der Waals surface area contributed by atoms with Crippen LogP contribution < -0.4 is 21.5 Å². The fourth-order valence-corrected chi connectivity index (χ4v) is 5.03. The highest BCUT2D eigenvalue weighted by Crippen LogP contribution is 2.29. The molecular formula is C27H25ClN8O2S. The lowest BCUT2D eigenvalue weighted by molar-refractivity contribution is 0.102. The molecule has 2 aromatic carbocycles. The highest BCUT2D eigenvalue weighted by molar-refractivity contribution is 7.14. The monoisotopic (exact) mass is 560 g/mol. The van der Waals surface area contributed by atoms with Gasteiger partial charge in [-0.2, -0.15) is 0 Å². The van der Waals surface area contributed by atoms with Gasteiger partial charge in [0.05, 0.1) is 17.6 Å². The fourth-order valence-electron chi connectivity index (χ4n) is 4.10. The molecule has 5 aromatic rings. The number of carbonyl (C=O) groups is 1. The molecule has 5 rings (SSSR count). The fraction of sp³-hybridized carbons (Fsp3) is 0.148. The second-order valence-electron chi connectivity index (χ2n) is 9.01. The van der Waals surface area contributed by atoms with Gasteiger partial charge in [0.1, 0.15) is 28.5 Å². The highest BCUT2D eigenvalue weighted by Gasteiger charge is 2.22. The van der Waals surface area contributed by atoms with E-state index in [1.165, 1.54) is 16.0 Å². The number of anilines is 3. The molecule has 0 saturated carbocycles. The smallest absolute Gasteiger partial charge is 0.284 e. The zero-order valence-corrected chi connectivity index (χ0v) is 23.2. The molecule has 3 heterocycles. The van der Waals surface area contributed by atoms with Crippen molar-refractivity contribution in [2.45, 2.75) is 6.92 Å². The van der Waals surface area contributed by atoms with Gasteiger partial charge in [0.2, 0.25) is 0 Å². The number of carbonyl (C=O) groups excluding carboxylic acids is 1. The third-order valence-corrected chi connectivity index (χ3v) is 7.43. The van der Waals surface area contributed by atoms with Crippen LogP contribution >= 0.6 is 22.9 Å². The standard InChI is InChI=1S/C27H25ClN8O2S/c1-15-22(26(38)36(35(15)4)19-7-5-6-17(28)12-19)25(37)31-18-10-8-16(9-11-18)23-24(29)30-13-20(32-23)21-14-39-27(33-21)34(2)3/h5-14H,1-4H3,(H2,29,30)(H,31,37). The number of aromatic nitrogens is 5. The minimum atomic E-state index is -0.511. The van der Waals surface area contributed by atoms with Gasteiger partial charge in [-0.15, -0.1) is 11.3 Å². The molecule has 1 amide bonds. The van der Waals surface area contributed by atoms with Gasteiger partial charge in [0, 0.05) is 42.8 Å². The molecule has 10 nitrogen and oxygen atoms in total. The Morgan fingerprint density at radius 1 is 1.10 bits per heavy atom. The third kappa shape index (κ3) is 5.01. The molecule has 0 radical (unpaired) electrons. The molecule has 0 saturated heterocycles. The van der Waals surface area contributed by atoms with E-state index in [1.54, 1.807) is 73.4 Å². The predicted molar refractivity (Wildman–Crippen MR) is 156 cm³/mol. The van der Waals surface area contributed by atoms with Crippen LogP contribution in [-0.4, -0.2) is 44.3 Å². The van der Waals surface area contributed by atoms with Crippen molar-refractivity contribution in [3.05, 3.63) is 86.7 Å². The molecule has 12 heteroatoms. The quantitative estimate of drug-likeness (QED) is 0.310. The second kappa shape index (κ2) is 10.4. The van der Waals surface area contributed by atoms with Crippen molar-refractivity contribution in [2.75, 3.05) is 30.0 Å². The van der Waals surface area contributed by atoms with Crippen molar-refractivity contribution < 1.29 is 4.79 Å². The molecule has 0 unspecified atom stereocenters. The Labute approximate surface area is 233 Å². The van der Waals surface area contributed by atoms with E-state index in [2.05, 4.69) is 20.3 Å². The van der Waals surface area contributed by atoms with E-state index in [0.717, 1.165) is 10.7 Å². The van der Waals surface area contributed by atoms with E-state index in [9.17, 15) is 9.59 Å². The van der Waals surface area contributed by atoms with Crippen LogP contribution in [0.1, 0.15) is 16.1 Å². The van der Waals surface area contributed by atoms with E-state index >= 15 is 0 Å². The zero-order valence-electron chi connectivity index (χ0n) is 21.6. The number of amides is 1. The normalized spacial score (nSPS) is 11.0. The summed E-state index contributed by atoms with van der Waals surface area (Å²) in [7, 11) is 5.57. The number of nitrogen functional groups attached to an aromatic ring is 1. The molecule has 0 aliphatic heterocycles. The summed E-state index contributed by atoms with van der Waals surface area (Å²) < 4.78 is 3.04. The average Bonchev–Trinajstić information content (AvgIpc) is 3.48. The largest absolute Gasteiger partial charge is 0.382 e. The van der Waals surface area contributed by atoms with Crippen molar-refractivity contribution in [1.29, 1.82) is 0 Å². The second-order valence-corrected chi connectivity index (χ2v) is 10.3.